The number of rotatable bonds is 0. The average Bonchev–Trinajstić information content (AvgIpc) is 2.69. The van der Waals surface area contributed by atoms with E-state index in [1.165, 1.54) is 0 Å². The molecule has 0 radical (unpaired) electrons. The molecule has 0 aromatic heterocycles. The fourth-order valence-electron chi connectivity index (χ4n) is 4.07. The normalized spacial score (nSPS) is 11.8. The first kappa shape index (κ1) is 16.5. The van der Waals surface area contributed by atoms with Crippen molar-refractivity contribution in [2.45, 2.75) is 13.8 Å². The highest BCUT2D eigenvalue weighted by atomic mass is 16.2. The van der Waals surface area contributed by atoms with Crippen molar-refractivity contribution in [2.24, 2.45) is 0 Å². The molecule has 0 unspecified atom stereocenters. The second-order valence-corrected chi connectivity index (χ2v) is 7.36. The summed E-state index contributed by atoms with van der Waals surface area (Å²) in [7, 11) is 0. The van der Waals surface area contributed by atoms with E-state index in [-0.39, 0.29) is 10.8 Å². The van der Waals surface area contributed by atoms with Gasteiger partial charge in [0.1, 0.15) is 0 Å². The molecule has 0 saturated carbocycles. The fraction of sp³-hybridized carbons (Fsp3) is 0.0833. The SMILES string of the molecule is Cc1ccc2c(c1)c(=O)c(=O)c1cc3c(cc12)c(=O)c(=O)c1cc(C)ccc13. The van der Waals surface area contributed by atoms with Gasteiger partial charge in [-0.1, -0.05) is 35.4 Å². The maximum Gasteiger partial charge on any atom is 0.234 e. The number of aryl methyl sites for hydroxylation is 2. The molecule has 0 aliphatic carbocycles. The lowest BCUT2D eigenvalue weighted by Crippen LogP contribution is -2.26. The molecular formula is C24H14O4. The van der Waals surface area contributed by atoms with Crippen molar-refractivity contribution in [3.63, 3.8) is 0 Å². The van der Waals surface area contributed by atoms with Crippen LogP contribution in [0.1, 0.15) is 11.1 Å². The van der Waals surface area contributed by atoms with Crippen LogP contribution in [0.4, 0.5) is 0 Å². The molecule has 5 rings (SSSR count). The van der Waals surface area contributed by atoms with Crippen molar-refractivity contribution >= 4 is 43.1 Å². The Balaban J connectivity index is 2.15. The van der Waals surface area contributed by atoms with Gasteiger partial charge in [0.25, 0.3) is 0 Å². The number of benzene rings is 5. The monoisotopic (exact) mass is 366 g/mol. The zero-order valence-electron chi connectivity index (χ0n) is 15.3. The molecule has 0 fully saturated rings. The van der Waals surface area contributed by atoms with Gasteiger partial charge in [-0.15, -0.1) is 0 Å². The van der Waals surface area contributed by atoms with E-state index in [2.05, 4.69) is 0 Å². The Morgan fingerprint density at radius 1 is 0.393 bits per heavy atom. The first-order valence-corrected chi connectivity index (χ1v) is 8.95. The molecule has 5 aromatic rings. The molecular weight excluding hydrogens is 352 g/mol. The summed E-state index contributed by atoms with van der Waals surface area (Å²) >= 11 is 0. The maximum atomic E-state index is 12.8. The minimum absolute atomic E-state index is 0.272. The Kier molecular flexibility index (Phi) is 3.20. The minimum atomic E-state index is -0.589. The number of hydrogen-bond acceptors (Lipinski definition) is 4. The van der Waals surface area contributed by atoms with Crippen molar-refractivity contribution in [3.8, 4) is 0 Å². The summed E-state index contributed by atoms with van der Waals surface area (Å²) in [6, 6.07) is 13.8. The quantitative estimate of drug-likeness (QED) is 0.240. The van der Waals surface area contributed by atoms with Gasteiger partial charge in [-0.05, 0) is 59.7 Å². The van der Waals surface area contributed by atoms with Crippen molar-refractivity contribution in [3.05, 3.63) is 101 Å². The Morgan fingerprint density at radius 3 is 1.07 bits per heavy atom. The van der Waals surface area contributed by atoms with E-state index >= 15 is 0 Å². The third-order valence-electron chi connectivity index (χ3n) is 5.48. The van der Waals surface area contributed by atoms with E-state index in [0.717, 1.165) is 11.1 Å². The van der Waals surface area contributed by atoms with Gasteiger partial charge in [0.05, 0.1) is 0 Å². The Hall–Kier alpha value is -3.66. The predicted molar refractivity (Wildman–Crippen MR) is 113 cm³/mol. The van der Waals surface area contributed by atoms with E-state index in [0.29, 0.717) is 32.3 Å². The third kappa shape index (κ3) is 2.06. The first-order chi connectivity index (χ1) is 13.4. The smallest absolute Gasteiger partial charge is 0.234 e. The van der Waals surface area contributed by atoms with Crippen LogP contribution in [0.25, 0.3) is 43.1 Å². The average molecular weight is 366 g/mol. The van der Waals surface area contributed by atoms with Crippen LogP contribution in [-0.4, -0.2) is 0 Å². The van der Waals surface area contributed by atoms with Crippen LogP contribution >= 0.6 is 0 Å². The predicted octanol–water partition coefficient (Wildman–Crippen LogP) is 3.23. The van der Waals surface area contributed by atoms with Crippen molar-refractivity contribution in [1.29, 1.82) is 0 Å². The summed E-state index contributed by atoms with van der Waals surface area (Å²) in [5, 5.41) is 3.49. The molecule has 4 nitrogen and oxygen atoms in total. The third-order valence-corrected chi connectivity index (χ3v) is 5.48. The summed E-state index contributed by atoms with van der Waals surface area (Å²) in [5.74, 6) is 0. The highest BCUT2D eigenvalue weighted by Crippen LogP contribution is 2.28. The van der Waals surface area contributed by atoms with Crippen molar-refractivity contribution in [1.82, 2.24) is 0 Å². The van der Waals surface area contributed by atoms with Crippen molar-refractivity contribution < 1.29 is 0 Å². The first-order valence-electron chi connectivity index (χ1n) is 8.95. The topological polar surface area (TPSA) is 68.3 Å². The van der Waals surface area contributed by atoms with Gasteiger partial charge in [0.2, 0.25) is 21.7 Å². The molecule has 0 aliphatic rings. The summed E-state index contributed by atoms with van der Waals surface area (Å²) in [6.07, 6.45) is 0. The van der Waals surface area contributed by atoms with Gasteiger partial charge in [0, 0.05) is 21.5 Å². The molecule has 0 atom stereocenters. The molecule has 0 heterocycles. The molecule has 0 saturated heterocycles. The minimum Gasteiger partial charge on any atom is -0.285 e. The molecule has 134 valence electrons. The molecule has 0 amide bonds. The standard InChI is InChI=1S/C24H14O4/c1-11-3-5-13-15-9-20-16(10-19(15)23(27)21(25)17(13)7-11)14-6-4-12(2)8-18(14)22(26)24(20)28/h3-10H,1-2H3. The Labute approximate surface area is 158 Å². The number of hydrogen-bond donors (Lipinski definition) is 0. The second-order valence-electron chi connectivity index (χ2n) is 7.36. The van der Waals surface area contributed by atoms with Gasteiger partial charge in [-0.2, -0.15) is 0 Å². The summed E-state index contributed by atoms with van der Waals surface area (Å²) < 4.78 is 0. The van der Waals surface area contributed by atoms with E-state index in [1.807, 2.05) is 26.0 Å². The van der Waals surface area contributed by atoms with E-state index in [9.17, 15) is 19.2 Å². The summed E-state index contributed by atoms with van der Waals surface area (Å²) in [5.41, 5.74) is -0.529. The van der Waals surface area contributed by atoms with Gasteiger partial charge >= 0.3 is 0 Å². The van der Waals surface area contributed by atoms with Crippen LogP contribution in [0.3, 0.4) is 0 Å². The van der Waals surface area contributed by atoms with Crippen LogP contribution in [0, 0.1) is 13.8 Å². The van der Waals surface area contributed by atoms with Crippen LogP contribution in [-0.2, 0) is 0 Å². The van der Waals surface area contributed by atoms with E-state index < -0.39 is 21.7 Å². The van der Waals surface area contributed by atoms with E-state index in [4.69, 9.17) is 0 Å². The van der Waals surface area contributed by atoms with Crippen molar-refractivity contribution in [2.75, 3.05) is 0 Å². The Bertz CT molecular complexity index is 1570. The van der Waals surface area contributed by atoms with Gasteiger partial charge in [-0.25, -0.2) is 0 Å². The molecule has 5 aromatic carbocycles. The Morgan fingerprint density at radius 2 is 0.714 bits per heavy atom. The number of fused-ring (bicyclic) bond motifs is 6. The molecule has 0 aliphatic heterocycles. The zero-order valence-corrected chi connectivity index (χ0v) is 15.3. The highest BCUT2D eigenvalue weighted by molar-refractivity contribution is 6.17. The molecule has 4 heteroatoms. The fourth-order valence-corrected chi connectivity index (χ4v) is 4.07. The molecule has 0 spiro atoms. The summed E-state index contributed by atoms with van der Waals surface area (Å²) in [4.78, 5) is 50.8. The van der Waals surface area contributed by atoms with Crippen LogP contribution in [0.5, 0.6) is 0 Å². The van der Waals surface area contributed by atoms with E-state index in [1.54, 1.807) is 36.4 Å². The van der Waals surface area contributed by atoms with Gasteiger partial charge in [-0.3, -0.25) is 19.2 Å². The lowest BCUT2D eigenvalue weighted by atomic mass is 9.93. The van der Waals surface area contributed by atoms with Gasteiger partial charge < -0.3 is 0 Å². The van der Waals surface area contributed by atoms with Crippen LogP contribution in [0.15, 0.2) is 67.7 Å². The maximum absolute atomic E-state index is 12.8. The highest BCUT2D eigenvalue weighted by Gasteiger charge is 2.16. The second kappa shape index (κ2) is 5.42. The van der Waals surface area contributed by atoms with Crippen LogP contribution < -0.4 is 21.7 Å². The summed E-state index contributed by atoms with van der Waals surface area (Å²) in [6.45, 7) is 3.70. The van der Waals surface area contributed by atoms with Crippen LogP contribution in [0.2, 0.25) is 0 Å². The molecule has 28 heavy (non-hydrogen) atoms. The zero-order chi connectivity index (χ0) is 19.7. The lowest BCUT2D eigenvalue weighted by molar-refractivity contribution is 1.48. The molecule has 0 bridgehead atoms. The van der Waals surface area contributed by atoms with Gasteiger partial charge in [0.15, 0.2) is 0 Å². The molecule has 0 N–H and O–H groups in total. The largest absolute Gasteiger partial charge is 0.285 e. The lowest BCUT2D eigenvalue weighted by Gasteiger charge is -2.08.